The molecule has 0 fully saturated rings. The molecule has 0 saturated heterocycles. The smallest absolute Gasteiger partial charge is 0.319 e. The molecule has 2 amide bonds. The first-order chi connectivity index (χ1) is 8.76. The highest BCUT2D eigenvalue weighted by atomic mass is 16.5. The molecule has 0 aromatic heterocycles. The SMILES string of the molecule is COc1cccc(NC(=O)NCCCCCO)c1. The summed E-state index contributed by atoms with van der Waals surface area (Å²) in [6, 6.07) is 6.96. The van der Waals surface area contributed by atoms with Crippen LogP contribution >= 0.6 is 0 Å². The van der Waals surface area contributed by atoms with E-state index in [-0.39, 0.29) is 12.6 Å². The fourth-order valence-corrected chi connectivity index (χ4v) is 1.49. The Bertz CT molecular complexity index is 369. The van der Waals surface area contributed by atoms with Crippen molar-refractivity contribution in [1.29, 1.82) is 0 Å². The molecule has 18 heavy (non-hydrogen) atoms. The number of methoxy groups -OCH3 is 1. The molecule has 0 aliphatic rings. The summed E-state index contributed by atoms with van der Waals surface area (Å²) in [6.07, 6.45) is 2.56. The van der Waals surface area contributed by atoms with E-state index in [0.29, 0.717) is 18.0 Å². The second-order valence-electron chi connectivity index (χ2n) is 3.90. The van der Waals surface area contributed by atoms with Gasteiger partial charge in [-0.05, 0) is 31.4 Å². The van der Waals surface area contributed by atoms with Gasteiger partial charge in [-0.2, -0.15) is 0 Å². The number of rotatable bonds is 7. The van der Waals surface area contributed by atoms with E-state index in [0.717, 1.165) is 19.3 Å². The third kappa shape index (κ3) is 5.54. The van der Waals surface area contributed by atoms with Crippen molar-refractivity contribution in [2.75, 3.05) is 25.6 Å². The van der Waals surface area contributed by atoms with E-state index in [1.54, 1.807) is 19.2 Å². The molecule has 0 spiro atoms. The molecular formula is C13H20N2O3. The van der Waals surface area contributed by atoms with Crippen molar-refractivity contribution in [3.63, 3.8) is 0 Å². The van der Waals surface area contributed by atoms with Gasteiger partial charge in [0.1, 0.15) is 5.75 Å². The first-order valence-electron chi connectivity index (χ1n) is 6.06. The van der Waals surface area contributed by atoms with Crippen LogP contribution < -0.4 is 15.4 Å². The second kappa shape index (κ2) is 8.36. The minimum Gasteiger partial charge on any atom is -0.497 e. The molecule has 0 heterocycles. The van der Waals surface area contributed by atoms with Gasteiger partial charge in [0.2, 0.25) is 0 Å². The van der Waals surface area contributed by atoms with Crippen LogP contribution in [0.2, 0.25) is 0 Å². The molecule has 0 saturated carbocycles. The normalized spacial score (nSPS) is 9.89. The Morgan fingerprint density at radius 3 is 2.89 bits per heavy atom. The number of amides is 2. The van der Waals surface area contributed by atoms with Crippen LogP contribution in [0.3, 0.4) is 0 Å². The van der Waals surface area contributed by atoms with Gasteiger partial charge in [-0.15, -0.1) is 0 Å². The number of anilines is 1. The molecule has 0 radical (unpaired) electrons. The lowest BCUT2D eigenvalue weighted by molar-refractivity contribution is 0.251. The number of aliphatic hydroxyl groups excluding tert-OH is 1. The average Bonchev–Trinajstić information content (AvgIpc) is 2.38. The molecule has 5 nitrogen and oxygen atoms in total. The molecule has 0 unspecified atom stereocenters. The number of hydrogen-bond donors (Lipinski definition) is 3. The molecule has 1 rings (SSSR count). The lowest BCUT2D eigenvalue weighted by Gasteiger charge is -2.08. The summed E-state index contributed by atoms with van der Waals surface area (Å²) in [7, 11) is 1.58. The monoisotopic (exact) mass is 252 g/mol. The third-order valence-electron chi connectivity index (χ3n) is 2.45. The van der Waals surface area contributed by atoms with Crippen LogP contribution in [0, 0.1) is 0 Å². The van der Waals surface area contributed by atoms with Crippen molar-refractivity contribution < 1.29 is 14.6 Å². The molecule has 1 aromatic rings. The van der Waals surface area contributed by atoms with Gasteiger partial charge >= 0.3 is 6.03 Å². The van der Waals surface area contributed by atoms with Crippen LogP contribution in [0.4, 0.5) is 10.5 Å². The molecular weight excluding hydrogens is 232 g/mol. The number of hydrogen-bond acceptors (Lipinski definition) is 3. The molecule has 100 valence electrons. The summed E-state index contributed by atoms with van der Waals surface area (Å²) >= 11 is 0. The lowest BCUT2D eigenvalue weighted by atomic mass is 10.2. The number of ether oxygens (including phenoxy) is 1. The Morgan fingerprint density at radius 1 is 1.33 bits per heavy atom. The van der Waals surface area contributed by atoms with Crippen LogP contribution in [0.25, 0.3) is 0 Å². The fourth-order valence-electron chi connectivity index (χ4n) is 1.49. The number of urea groups is 1. The van der Waals surface area contributed by atoms with Crippen LogP contribution in [-0.2, 0) is 0 Å². The minimum absolute atomic E-state index is 0.204. The number of carbonyl (C=O) groups is 1. The summed E-state index contributed by atoms with van der Waals surface area (Å²) in [5.41, 5.74) is 0.696. The van der Waals surface area contributed by atoms with Crippen molar-refractivity contribution in [3.05, 3.63) is 24.3 Å². The maximum absolute atomic E-state index is 11.5. The van der Waals surface area contributed by atoms with E-state index in [2.05, 4.69) is 10.6 Å². The van der Waals surface area contributed by atoms with Gasteiger partial charge in [0.15, 0.2) is 0 Å². The number of unbranched alkanes of at least 4 members (excludes halogenated alkanes) is 2. The molecule has 5 heteroatoms. The van der Waals surface area contributed by atoms with Gasteiger partial charge in [-0.25, -0.2) is 4.79 Å². The van der Waals surface area contributed by atoms with Crippen molar-refractivity contribution in [3.8, 4) is 5.75 Å². The summed E-state index contributed by atoms with van der Waals surface area (Å²) in [5, 5.41) is 14.1. The number of aliphatic hydroxyl groups is 1. The maximum atomic E-state index is 11.5. The lowest BCUT2D eigenvalue weighted by Crippen LogP contribution is -2.29. The highest BCUT2D eigenvalue weighted by Crippen LogP contribution is 2.16. The minimum atomic E-state index is -0.229. The van der Waals surface area contributed by atoms with Gasteiger partial charge in [0.05, 0.1) is 7.11 Å². The second-order valence-corrected chi connectivity index (χ2v) is 3.90. The molecule has 1 aromatic carbocycles. The Morgan fingerprint density at radius 2 is 2.17 bits per heavy atom. The van der Waals surface area contributed by atoms with Crippen molar-refractivity contribution in [2.24, 2.45) is 0 Å². The highest BCUT2D eigenvalue weighted by molar-refractivity contribution is 5.89. The van der Waals surface area contributed by atoms with Crippen molar-refractivity contribution >= 4 is 11.7 Å². The topological polar surface area (TPSA) is 70.6 Å². The predicted octanol–water partition coefficient (Wildman–Crippen LogP) is 1.98. The predicted molar refractivity (Wildman–Crippen MR) is 71.0 cm³/mol. The average molecular weight is 252 g/mol. The highest BCUT2D eigenvalue weighted by Gasteiger charge is 2.01. The van der Waals surface area contributed by atoms with Crippen LogP contribution in [-0.4, -0.2) is 31.4 Å². The first-order valence-corrected chi connectivity index (χ1v) is 6.06. The van der Waals surface area contributed by atoms with E-state index >= 15 is 0 Å². The quantitative estimate of drug-likeness (QED) is 0.650. The van der Waals surface area contributed by atoms with Gasteiger partial charge in [-0.3, -0.25) is 0 Å². The Balaban J connectivity index is 2.26. The summed E-state index contributed by atoms with van der Waals surface area (Å²) < 4.78 is 5.07. The summed E-state index contributed by atoms with van der Waals surface area (Å²) in [4.78, 5) is 11.5. The van der Waals surface area contributed by atoms with Gasteiger partial charge in [0.25, 0.3) is 0 Å². The zero-order chi connectivity index (χ0) is 13.2. The van der Waals surface area contributed by atoms with Gasteiger partial charge in [-0.1, -0.05) is 6.07 Å². The molecule has 0 bridgehead atoms. The Hall–Kier alpha value is -1.75. The Kier molecular flexibility index (Phi) is 6.64. The van der Waals surface area contributed by atoms with E-state index in [9.17, 15) is 4.79 Å². The zero-order valence-electron chi connectivity index (χ0n) is 10.6. The van der Waals surface area contributed by atoms with Crippen LogP contribution in [0.5, 0.6) is 5.75 Å². The van der Waals surface area contributed by atoms with Crippen LogP contribution in [0.1, 0.15) is 19.3 Å². The maximum Gasteiger partial charge on any atom is 0.319 e. The fraction of sp³-hybridized carbons (Fsp3) is 0.462. The van der Waals surface area contributed by atoms with E-state index in [4.69, 9.17) is 9.84 Å². The van der Waals surface area contributed by atoms with Crippen LogP contribution in [0.15, 0.2) is 24.3 Å². The largest absolute Gasteiger partial charge is 0.497 e. The van der Waals surface area contributed by atoms with Crippen molar-refractivity contribution in [2.45, 2.75) is 19.3 Å². The molecule has 3 N–H and O–H groups in total. The Labute approximate surface area is 107 Å². The molecule has 0 atom stereocenters. The van der Waals surface area contributed by atoms with Gasteiger partial charge in [0, 0.05) is 24.9 Å². The molecule has 0 aliphatic heterocycles. The summed E-state index contributed by atoms with van der Waals surface area (Å²) in [5.74, 6) is 0.704. The van der Waals surface area contributed by atoms with Gasteiger partial charge < -0.3 is 20.5 Å². The van der Waals surface area contributed by atoms with Crippen molar-refractivity contribution in [1.82, 2.24) is 5.32 Å². The first kappa shape index (κ1) is 14.3. The van der Waals surface area contributed by atoms with E-state index in [1.807, 2.05) is 12.1 Å². The van der Waals surface area contributed by atoms with E-state index < -0.39 is 0 Å². The third-order valence-corrected chi connectivity index (χ3v) is 2.45. The standard InChI is InChI=1S/C13H20N2O3/c1-18-12-7-5-6-11(10-12)15-13(17)14-8-3-2-4-9-16/h5-7,10,16H,2-4,8-9H2,1H3,(H2,14,15,17). The number of benzene rings is 1. The van der Waals surface area contributed by atoms with E-state index in [1.165, 1.54) is 0 Å². The molecule has 0 aliphatic carbocycles. The number of nitrogens with one attached hydrogen (secondary N) is 2. The summed E-state index contributed by atoms with van der Waals surface area (Å²) in [6.45, 7) is 0.811. The number of carbonyl (C=O) groups excluding carboxylic acids is 1. The zero-order valence-corrected chi connectivity index (χ0v) is 10.6.